The van der Waals surface area contributed by atoms with Crippen LogP contribution in [0.15, 0.2) is 69.9 Å². The van der Waals surface area contributed by atoms with E-state index in [0.29, 0.717) is 21.8 Å². The van der Waals surface area contributed by atoms with Gasteiger partial charge in [-0.15, -0.1) is 10.2 Å². The number of aromatic nitrogens is 3. The maximum absolute atomic E-state index is 12.1. The van der Waals surface area contributed by atoms with Gasteiger partial charge in [0.05, 0.1) is 17.0 Å². The summed E-state index contributed by atoms with van der Waals surface area (Å²) in [5.41, 5.74) is 4.33. The predicted molar refractivity (Wildman–Crippen MR) is 124 cm³/mol. The molecule has 1 amide bonds. The van der Waals surface area contributed by atoms with Crippen molar-refractivity contribution in [3.05, 3.63) is 70.2 Å². The van der Waals surface area contributed by atoms with E-state index in [1.807, 2.05) is 54.0 Å². The van der Waals surface area contributed by atoms with E-state index < -0.39 is 0 Å². The summed E-state index contributed by atoms with van der Waals surface area (Å²) in [6.07, 6.45) is 3.15. The molecule has 0 bridgehead atoms. The number of hydrogen-bond donors (Lipinski definition) is 1. The van der Waals surface area contributed by atoms with Gasteiger partial charge in [0, 0.05) is 17.1 Å². The molecule has 0 radical (unpaired) electrons. The number of rotatable bonds is 8. The van der Waals surface area contributed by atoms with Gasteiger partial charge in [-0.1, -0.05) is 65.3 Å². The molecule has 9 heteroatoms. The fourth-order valence-electron chi connectivity index (χ4n) is 2.57. The Bertz CT molecular complexity index is 1050. The standard InChI is InChI=1S/C21H19Cl2N5OS/c1-2-28-20(16-8-10-17(22)11-9-16)26-27-21(28)30-14-19(29)25-24-13-18(23)12-15-6-4-3-5-7-15/h3-13H,2,14H2,1H3,(H,25,29)/b18-12?,24-13+. The zero-order chi connectivity index (χ0) is 21.3. The molecular weight excluding hydrogens is 441 g/mol. The topological polar surface area (TPSA) is 72.2 Å². The first-order valence-corrected chi connectivity index (χ1v) is 10.9. The van der Waals surface area contributed by atoms with E-state index in [-0.39, 0.29) is 11.7 Å². The second-order valence-electron chi connectivity index (χ2n) is 6.08. The first-order chi connectivity index (χ1) is 14.6. The van der Waals surface area contributed by atoms with Crippen LogP contribution < -0.4 is 5.43 Å². The minimum atomic E-state index is -0.265. The molecule has 0 atom stereocenters. The minimum absolute atomic E-state index is 0.149. The van der Waals surface area contributed by atoms with Gasteiger partial charge in [0.1, 0.15) is 0 Å². The Balaban J connectivity index is 1.56. The van der Waals surface area contributed by atoms with Gasteiger partial charge >= 0.3 is 0 Å². The predicted octanol–water partition coefficient (Wildman–Crippen LogP) is 5.09. The average molecular weight is 460 g/mol. The Labute approximate surface area is 189 Å². The number of hydrogen-bond acceptors (Lipinski definition) is 5. The Morgan fingerprint density at radius 2 is 1.90 bits per heavy atom. The van der Waals surface area contributed by atoms with E-state index >= 15 is 0 Å². The largest absolute Gasteiger partial charge is 0.302 e. The number of nitrogens with zero attached hydrogens (tertiary/aromatic N) is 4. The Morgan fingerprint density at radius 3 is 2.60 bits per heavy atom. The minimum Gasteiger partial charge on any atom is -0.302 e. The van der Waals surface area contributed by atoms with Crippen molar-refractivity contribution in [1.29, 1.82) is 0 Å². The van der Waals surface area contributed by atoms with E-state index in [4.69, 9.17) is 23.2 Å². The number of amides is 1. The van der Waals surface area contributed by atoms with Crippen molar-refractivity contribution in [3.8, 4) is 11.4 Å². The molecule has 154 valence electrons. The highest BCUT2D eigenvalue weighted by molar-refractivity contribution is 7.99. The van der Waals surface area contributed by atoms with Gasteiger partial charge in [-0.05, 0) is 42.8 Å². The third-order valence-electron chi connectivity index (χ3n) is 3.95. The highest BCUT2D eigenvalue weighted by Gasteiger charge is 2.14. The smallest absolute Gasteiger partial charge is 0.250 e. The summed E-state index contributed by atoms with van der Waals surface area (Å²) in [5, 5.41) is 14.1. The van der Waals surface area contributed by atoms with Crippen molar-refractivity contribution in [2.45, 2.75) is 18.6 Å². The van der Waals surface area contributed by atoms with Gasteiger partial charge in [-0.25, -0.2) is 5.43 Å². The molecule has 0 unspecified atom stereocenters. The van der Waals surface area contributed by atoms with Crippen LogP contribution in [-0.2, 0) is 11.3 Å². The zero-order valence-electron chi connectivity index (χ0n) is 16.1. The molecule has 0 saturated carbocycles. The summed E-state index contributed by atoms with van der Waals surface area (Å²) < 4.78 is 1.95. The molecule has 2 aromatic carbocycles. The summed E-state index contributed by atoms with van der Waals surface area (Å²) in [4.78, 5) is 12.1. The Hall–Kier alpha value is -2.61. The average Bonchev–Trinajstić information content (AvgIpc) is 3.16. The van der Waals surface area contributed by atoms with Crippen LogP contribution in [0.25, 0.3) is 17.5 Å². The summed E-state index contributed by atoms with van der Waals surface area (Å²) >= 11 is 13.3. The molecule has 0 aliphatic heterocycles. The van der Waals surface area contributed by atoms with E-state index in [9.17, 15) is 4.79 Å². The van der Waals surface area contributed by atoms with Crippen LogP contribution in [0.2, 0.25) is 5.02 Å². The number of thioether (sulfide) groups is 1. The van der Waals surface area contributed by atoms with Crippen molar-refractivity contribution in [3.63, 3.8) is 0 Å². The molecule has 3 rings (SSSR count). The number of nitrogens with one attached hydrogen (secondary N) is 1. The fourth-order valence-corrected chi connectivity index (χ4v) is 3.66. The second kappa shape index (κ2) is 11.0. The van der Waals surface area contributed by atoms with Gasteiger partial charge in [-0.3, -0.25) is 4.79 Å². The van der Waals surface area contributed by atoms with E-state index in [1.54, 1.807) is 18.2 Å². The first-order valence-electron chi connectivity index (χ1n) is 9.13. The summed E-state index contributed by atoms with van der Waals surface area (Å²) in [5.74, 6) is 0.614. The second-order valence-corrected chi connectivity index (χ2v) is 7.89. The molecule has 30 heavy (non-hydrogen) atoms. The molecule has 0 aliphatic carbocycles. The molecule has 0 aliphatic rings. The highest BCUT2D eigenvalue weighted by Crippen LogP contribution is 2.25. The monoisotopic (exact) mass is 459 g/mol. The van der Waals surface area contributed by atoms with Crippen LogP contribution in [-0.4, -0.2) is 32.6 Å². The third kappa shape index (κ3) is 6.19. The van der Waals surface area contributed by atoms with Crippen molar-refractivity contribution < 1.29 is 4.79 Å². The van der Waals surface area contributed by atoms with Crippen molar-refractivity contribution in [2.24, 2.45) is 5.10 Å². The Morgan fingerprint density at radius 1 is 1.17 bits per heavy atom. The molecule has 0 saturated heterocycles. The van der Waals surface area contributed by atoms with Gasteiger partial charge in [-0.2, -0.15) is 5.10 Å². The van der Waals surface area contributed by atoms with Crippen LogP contribution in [0.4, 0.5) is 0 Å². The highest BCUT2D eigenvalue weighted by atomic mass is 35.5. The summed E-state index contributed by atoms with van der Waals surface area (Å²) in [6, 6.07) is 17.0. The molecule has 0 spiro atoms. The maximum atomic E-state index is 12.1. The van der Waals surface area contributed by atoms with Crippen LogP contribution in [0.3, 0.4) is 0 Å². The molecule has 6 nitrogen and oxygen atoms in total. The summed E-state index contributed by atoms with van der Waals surface area (Å²) in [7, 11) is 0. The third-order valence-corrected chi connectivity index (χ3v) is 5.37. The van der Waals surface area contributed by atoms with E-state index in [1.165, 1.54) is 18.0 Å². The van der Waals surface area contributed by atoms with Crippen LogP contribution >= 0.6 is 35.0 Å². The number of carbonyl (C=O) groups is 1. The normalized spacial score (nSPS) is 11.8. The number of carbonyl (C=O) groups excluding carboxylic acids is 1. The van der Waals surface area contributed by atoms with E-state index in [2.05, 4.69) is 20.7 Å². The molecule has 1 heterocycles. The van der Waals surface area contributed by atoms with Crippen LogP contribution in [0.1, 0.15) is 12.5 Å². The number of benzene rings is 2. The first kappa shape index (κ1) is 22.1. The lowest BCUT2D eigenvalue weighted by Crippen LogP contribution is -2.19. The van der Waals surface area contributed by atoms with E-state index in [0.717, 1.165) is 17.0 Å². The molecule has 0 fully saturated rings. The number of allylic oxidation sites excluding steroid dienone is 1. The Kier molecular flexibility index (Phi) is 8.07. The molecule has 3 aromatic rings. The van der Waals surface area contributed by atoms with Crippen LogP contribution in [0, 0.1) is 0 Å². The lowest BCUT2D eigenvalue weighted by Gasteiger charge is -2.07. The van der Waals surface area contributed by atoms with Gasteiger partial charge in [0.2, 0.25) is 0 Å². The lowest BCUT2D eigenvalue weighted by molar-refractivity contribution is -0.118. The maximum Gasteiger partial charge on any atom is 0.250 e. The number of hydrazone groups is 1. The van der Waals surface area contributed by atoms with Gasteiger partial charge in [0.25, 0.3) is 5.91 Å². The van der Waals surface area contributed by atoms with Crippen molar-refractivity contribution >= 4 is 53.2 Å². The quantitative estimate of drug-likeness (QED) is 0.289. The molecule has 1 N–H and O–H groups in total. The van der Waals surface area contributed by atoms with Crippen LogP contribution in [0.5, 0.6) is 0 Å². The van der Waals surface area contributed by atoms with Gasteiger partial charge in [0.15, 0.2) is 11.0 Å². The zero-order valence-corrected chi connectivity index (χ0v) is 18.5. The summed E-state index contributed by atoms with van der Waals surface area (Å²) in [6.45, 7) is 2.67. The number of halogens is 2. The lowest BCUT2D eigenvalue weighted by atomic mass is 10.2. The van der Waals surface area contributed by atoms with Crippen molar-refractivity contribution in [1.82, 2.24) is 20.2 Å². The molecular formula is C21H19Cl2N5OS. The van der Waals surface area contributed by atoms with Gasteiger partial charge < -0.3 is 4.57 Å². The van der Waals surface area contributed by atoms with Crippen molar-refractivity contribution in [2.75, 3.05) is 5.75 Å². The molecule has 1 aromatic heterocycles. The SMILES string of the molecule is CCn1c(SCC(=O)N/N=C/C(Cl)=Cc2ccccc2)nnc1-c1ccc(Cl)cc1. The fraction of sp³-hybridized carbons (Fsp3) is 0.143.